The average Bonchev–Trinajstić information content (AvgIpc) is 1.57. The van der Waals surface area contributed by atoms with Gasteiger partial charge in [-0.15, -0.1) is 0 Å². The molecule has 0 atom stereocenters. The number of aromatic nitrogens is 8. The van der Waals surface area contributed by atoms with E-state index in [4.69, 9.17) is 29.9 Å². The molecular formula is C126H82N8. The maximum Gasteiger partial charge on any atom is 0.164 e. The predicted octanol–water partition coefficient (Wildman–Crippen LogP) is 32.6. The van der Waals surface area contributed by atoms with Gasteiger partial charge in [0.2, 0.25) is 0 Å². The summed E-state index contributed by atoms with van der Waals surface area (Å²) >= 11 is 0. The van der Waals surface area contributed by atoms with Crippen molar-refractivity contribution in [2.45, 2.75) is 0 Å². The lowest BCUT2D eigenvalue weighted by Gasteiger charge is -2.13. The fraction of sp³-hybridized carbons (Fsp3) is 0. The Morgan fingerprint density at radius 1 is 0.119 bits per heavy atom. The van der Waals surface area contributed by atoms with Crippen molar-refractivity contribution in [3.05, 3.63) is 497 Å². The van der Waals surface area contributed by atoms with Gasteiger partial charge in [-0.25, -0.2) is 29.9 Å². The van der Waals surface area contributed by atoms with Crippen LogP contribution >= 0.6 is 0 Å². The van der Waals surface area contributed by atoms with E-state index in [9.17, 15) is 0 Å². The topological polar surface area (TPSA) is 87.2 Å². The van der Waals surface area contributed by atoms with Crippen LogP contribution in [0.2, 0.25) is 0 Å². The van der Waals surface area contributed by atoms with Gasteiger partial charge in [0.15, 0.2) is 34.9 Å². The fourth-order valence-corrected chi connectivity index (χ4v) is 19.3. The van der Waals surface area contributed by atoms with Crippen molar-refractivity contribution >= 4 is 43.6 Å². The molecule has 8 heteroatoms. The molecule has 0 radical (unpaired) electrons. The molecular weight excluding hydrogens is 1630 g/mol. The van der Waals surface area contributed by atoms with Crippen molar-refractivity contribution in [3.8, 4) is 202 Å². The van der Waals surface area contributed by atoms with Crippen LogP contribution in [0, 0.1) is 0 Å². The standard InChI is InChI=1S/C126H82N8/c1-9-33-83(34-10-1)103-75-104(84-35-11-2-12-36-84)78-107(77-103)93-49-27-53-99(71-93)123-127-121(87-41-17-5-18-42-87)129-125(131-123)101-55-29-51-97(73-101)111-61-31-63-117-119(111)113-81-95(65-67-115(113)133(117)109-57-21-7-22-58-109)91-47-25-45-89(69-91)90-46-26-48-92(70-90)96-66-68-116-114(82-96)120-112(62-32-64-118(120)134(116)110-59-23-8-24-60-110)98-52-30-56-102(74-98)126-130-122(88-43-19-6-20-44-88)128-124(132-126)100-54-28-50-94(72-100)108-79-105(85-37-13-3-14-38-85)76-106(80-108)86-39-15-4-16-40-86/h1-82H. The summed E-state index contributed by atoms with van der Waals surface area (Å²) in [4.78, 5) is 32.0. The number of hydrogen-bond donors (Lipinski definition) is 0. The molecule has 0 amide bonds. The number of fused-ring (bicyclic) bond motifs is 6. The molecule has 24 aromatic rings. The van der Waals surface area contributed by atoms with Gasteiger partial charge < -0.3 is 9.13 Å². The van der Waals surface area contributed by atoms with Crippen LogP contribution in [0.5, 0.6) is 0 Å². The van der Waals surface area contributed by atoms with E-state index in [1.54, 1.807) is 0 Å². The Hall–Kier alpha value is -18.0. The first kappa shape index (κ1) is 79.4. The predicted molar refractivity (Wildman–Crippen MR) is 554 cm³/mol. The van der Waals surface area contributed by atoms with Gasteiger partial charge in [0.1, 0.15) is 0 Å². The molecule has 20 aromatic carbocycles. The third-order valence-electron chi connectivity index (χ3n) is 25.7. The van der Waals surface area contributed by atoms with Crippen molar-refractivity contribution in [3.63, 3.8) is 0 Å². The first-order valence-corrected chi connectivity index (χ1v) is 45.4. The monoisotopic (exact) mass is 1710 g/mol. The summed E-state index contributed by atoms with van der Waals surface area (Å²) in [5.41, 5.74) is 36.4. The van der Waals surface area contributed by atoms with E-state index in [1.165, 1.54) is 0 Å². The first-order valence-electron chi connectivity index (χ1n) is 45.4. The van der Waals surface area contributed by atoms with E-state index in [1.807, 2.05) is 36.4 Å². The van der Waals surface area contributed by atoms with Gasteiger partial charge in [0, 0.05) is 66.3 Å². The van der Waals surface area contributed by atoms with Crippen LogP contribution in [0.1, 0.15) is 0 Å². The largest absolute Gasteiger partial charge is 0.309 e. The first-order chi connectivity index (χ1) is 66.4. The van der Waals surface area contributed by atoms with E-state index in [0.29, 0.717) is 34.9 Å². The van der Waals surface area contributed by atoms with Gasteiger partial charge >= 0.3 is 0 Å². The lowest BCUT2D eigenvalue weighted by molar-refractivity contribution is 1.07. The molecule has 0 saturated carbocycles. The van der Waals surface area contributed by atoms with Crippen molar-refractivity contribution in [2.24, 2.45) is 0 Å². The molecule has 626 valence electrons. The lowest BCUT2D eigenvalue weighted by atomic mass is 9.93. The number of rotatable bonds is 19. The van der Waals surface area contributed by atoms with Crippen molar-refractivity contribution in [1.82, 2.24) is 39.0 Å². The zero-order valence-electron chi connectivity index (χ0n) is 72.9. The minimum absolute atomic E-state index is 0.580. The van der Waals surface area contributed by atoms with Crippen LogP contribution in [-0.4, -0.2) is 39.0 Å². The molecule has 0 bridgehead atoms. The summed E-state index contributed by atoms with van der Waals surface area (Å²) in [7, 11) is 0. The molecule has 4 heterocycles. The second-order valence-corrected chi connectivity index (χ2v) is 34.1. The summed E-state index contributed by atoms with van der Waals surface area (Å²) in [6.45, 7) is 0. The molecule has 0 unspecified atom stereocenters. The molecule has 0 spiro atoms. The zero-order valence-corrected chi connectivity index (χ0v) is 72.9. The highest BCUT2D eigenvalue weighted by Gasteiger charge is 2.25. The molecule has 0 aliphatic heterocycles. The van der Waals surface area contributed by atoms with Gasteiger partial charge in [0.25, 0.3) is 0 Å². The van der Waals surface area contributed by atoms with Crippen molar-refractivity contribution in [1.29, 1.82) is 0 Å². The lowest BCUT2D eigenvalue weighted by Crippen LogP contribution is -2.00. The minimum Gasteiger partial charge on any atom is -0.309 e. The second-order valence-electron chi connectivity index (χ2n) is 34.1. The van der Waals surface area contributed by atoms with Crippen molar-refractivity contribution < 1.29 is 0 Å². The Bertz CT molecular complexity index is 7960. The van der Waals surface area contributed by atoms with Gasteiger partial charge in [0.05, 0.1) is 22.1 Å². The molecule has 0 saturated heterocycles. The van der Waals surface area contributed by atoms with E-state index in [2.05, 4.69) is 470 Å². The fourth-order valence-electron chi connectivity index (χ4n) is 19.3. The Labute approximate surface area is 776 Å². The molecule has 24 rings (SSSR count). The van der Waals surface area contributed by atoms with Crippen LogP contribution < -0.4 is 0 Å². The van der Waals surface area contributed by atoms with Crippen LogP contribution in [0.4, 0.5) is 0 Å². The van der Waals surface area contributed by atoms with Crippen LogP contribution in [0.3, 0.4) is 0 Å². The van der Waals surface area contributed by atoms with E-state index in [0.717, 1.165) is 211 Å². The third-order valence-corrected chi connectivity index (χ3v) is 25.7. The average molecular weight is 1710 g/mol. The second kappa shape index (κ2) is 34.6. The highest BCUT2D eigenvalue weighted by Crippen LogP contribution is 2.47. The van der Waals surface area contributed by atoms with Gasteiger partial charge in [-0.1, -0.05) is 364 Å². The van der Waals surface area contributed by atoms with E-state index in [-0.39, 0.29) is 0 Å². The van der Waals surface area contributed by atoms with Crippen LogP contribution in [0.15, 0.2) is 497 Å². The molecule has 4 aromatic heterocycles. The molecule has 0 fully saturated rings. The van der Waals surface area contributed by atoms with Gasteiger partial charge in [-0.05, 0) is 256 Å². The highest BCUT2D eigenvalue weighted by atomic mass is 15.0. The van der Waals surface area contributed by atoms with Crippen LogP contribution in [-0.2, 0) is 0 Å². The van der Waals surface area contributed by atoms with E-state index < -0.39 is 0 Å². The van der Waals surface area contributed by atoms with Crippen LogP contribution in [0.25, 0.3) is 246 Å². The molecule has 0 aliphatic carbocycles. The summed E-state index contributed by atoms with van der Waals surface area (Å²) < 4.78 is 4.81. The molecule has 0 N–H and O–H groups in total. The quantitative estimate of drug-likeness (QED) is 0.0802. The SMILES string of the molecule is c1ccc(-c2cc(-c3ccccc3)cc(-c3cccc(-c4nc(-c5ccccc5)nc(-c5cccc(-c6cccc7c6c6cc(-c8cccc(-c9cccc(-c%10ccc%11c(c%10)c%10c(-c%12cccc(-c%13nc(-c%14ccccc%14)nc(-c%14cccc(-c%15cc(-c%16ccccc%16)cc(-c%16ccccc%16)c%15)c%14)n%13)c%12)cccc%10n%11-c%10ccccc%10)c9)c8)ccc6n7-c6ccccc6)c5)n4)c3)c2)cc1. The summed E-state index contributed by atoms with van der Waals surface area (Å²) in [5, 5.41) is 4.57. The Morgan fingerprint density at radius 3 is 0.604 bits per heavy atom. The highest BCUT2D eigenvalue weighted by molar-refractivity contribution is 6.18. The zero-order chi connectivity index (χ0) is 88.8. The van der Waals surface area contributed by atoms with E-state index >= 15 is 0 Å². The molecule has 134 heavy (non-hydrogen) atoms. The Balaban J connectivity index is 0.574. The maximum atomic E-state index is 5.40. The Morgan fingerprint density at radius 2 is 0.313 bits per heavy atom. The summed E-state index contributed by atoms with van der Waals surface area (Å²) in [6.07, 6.45) is 0. The van der Waals surface area contributed by atoms with Gasteiger partial charge in [-0.2, -0.15) is 0 Å². The summed E-state index contributed by atoms with van der Waals surface area (Å²) in [6, 6.07) is 178. The third kappa shape index (κ3) is 15.4. The summed E-state index contributed by atoms with van der Waals surface area (Å²) in [5.74, 6) is 3.52. The number of hydrogen-bond acceptors (Lipinski definition) is 6. The molecule has 8 nitrogen and oxygen atoms in total. The number of para-hydroxylation sites is 2. The molecule has 0 aliphatic rings. The number of nitrogens with zero attached hydrogens (tertiary/aromatic N) is 8. The van der Waals surface area contributed by atoms with Crippen molar-refractivity contribution in [2.75, 3.05) is 0 Å². The minimum atomic E-state index is 0.580. The maximum absolute atomic E-state index is 5.40. The normalized spacial score (nSPS) is 11.4. The Kier molecular flexibility index (Phi) is 20.5. The van der Waals surface area contributed by atoms with Gasteiger partial charge in [-0.3, -0.25) is 0 Å². The smallest absolute Gasteiger partial charge is 0.164 e. The number of benzene rings is 20.